The van der Waals surface area contributed by atoms with Crippen molar-refractivity contribution in [2.75, 3.05) is 33.3 Å². The lowest BCUT2D eigenvalue weighted by atomic mass is 10.1. The Morgan fingerprint density at radius 1 is 1.09 bits per heavy atom. The molecular formula is C25H25N5O2. The highest BCUT2D eigenvalue weighted by Crippen LogP contribution is 2.24. The van der Waals surface area contributed by atoms with E-state index in [0.717, 1.165) is 22.6 Å². The molecule has 162 valence electrons. The fourth-order valence-electron chi connectivity index (χ4n) is 3.77. The molecule has 4 rings (SSSR count). The average Bonchev–Trinajstić information content (AvgIpc) is 3.33. The molecular weight excluding hydrogens is 402 g/mol. The van der Waals surface area contributed by atoms with Gasteiger partial charge in [-0.1, -0.05) is 30.3 Å². The second kappa shape index (κ2) is 9.94. The van der Waals surface area contributed by atoms with Gasteiger partial charge >= 0.3 is 0 Å². The van der Waals surface area contributed by atoms with E-state index in [4.69, 9.17) is 4.74 Å². The molecule has 1 aliphatic rings. The lowest BCUT2D eigenvalue weighted by Gasteiger charge is -2.36. The van der Waals surface area contributed by atoms with Gasteiger partial charge in [0.1, 0.15) is 11.8 Å². The highest BCUT2D eigenvalue weighted by molar-refractivity contribution is 5.91. The van der Waals surface area contributed by atoms with E-state index in [1.54, 1.807) is 30.1 Å². The van der Waals surface area contributed by atoms with Gasteiger partial charge in [0.2, 0.25) is 5.91 Å². The van der Waals surface area contributed by atoms with Crippen LogP contribution in [0.5, 0.6) is 5.75 Å². The maximum Gasteiger partial charge on any atom is 0.246 e. The number of hydrogen-bond donors (Lipinski definition) is 0. The van der Waals surface area contributed by atoms with Crippen molar-refractivity contribution < 1.29 is 9.53 Å². The Kier molecular flexibility index (Phi) is 6.63. The molecule has 1 amide bonds. The third-order valence-electron chi connectivity index (χ3n) is 5.59. The van der Waals surface area contributed by atoms with Crippen LogP contribution in [0.15, 0.2) is 73.1 Å². The minimum atomic E-state index is -0.336. The summed E-state index contributed by atoms with van der Waals surface area (Å²) in [4.78, 5) is 16.6. The molecule has 1 unspecified atom stereocenters. The zero-order chi connectivity index (χ0) is 22.3. The summed E-state index contributed by atoms with van der Waals surface area (Å²) in [6.45, 7) is 2.47. The van der Waals surface area contributed by atoms with Crippen molar-refractivity contribution in [3.05, 3.63) is 84.2 Å². The lowest BCUT2D eigenvalue weighted by molar-refractivity contribution is -0.127. The van der Waals surface area contributed by atoms with Gasteiger partial charge in [-0.25, -0.2) is 4.68 Å². The summed E-state index contributed by atoms with van der Waals surface area (Å²) >= 11 is 0. The van der Waals surface area contributed by atoms with Crippen molar-refractivity contribution in [1.29, 1.82) is 5.26 Å². The molecule has 7 heteroatoms. The Bertz CT molecular complexity index is 1110. The number of piperazine rings is 1. The van der Waals surface area contributed by atoms with E-state index >= 15 is 0 Å². The van der Waals surface area contributed by atoms with Crippen LogP contribution in [-0.4, -0.2) is 58.8 Å². The van der Waals surface area contributed by atoms with Gasteiger partial charge in [-0.2, -0.15) is 10.4 Å². The van der Waals surface area contributed by atoms with Crippen LogP contribution in [0.25, 0.3) is 11.8 Å². The molecule has 0 N–H and O–H groups in total. The second-order valence-corrected chi connectivity index (χ2v) is 7.55. The first-order valence-corrected chi connectivity index (χ1v) is 10.5. The van der Waals surface area contributed by atoms with E-state index < -0.39 is 0 Å². The predicted octanol–water partition coefficient (Wildman–Crippen LogP) is 3.30. The fourth-order valence-corrected chi connectivity index (χ4v) is 3.77. The van der Waals surface area contributed by atoms with Gasteiger partial charge in [0.15, 0.2) is 0 Å². The first-order valence-electron chi connectivity index (χ1n) is 10.5. The van der Waals surface area contributed by atoms with E-state index in [2.05, 4.69) is 16.1 Å². The van der Waals surface area contributed by atoms with Gasteiger partial charge in [0.05, 0.1) is 25.1 Å². The van der Waals surface area contributed by atoms with Crippen LogP contribution < -0.4 is 4.74 Å². The van der Waals surface area contributed by atoms with Crippen molar-refractivity contribution in [2.24, 2.45) is 0 Å². The predicted molar refractivity (Wildman–Crippen MR) is 122 cm³/mol. The molecule has 1 fully saturated rings. The lowest BCUT2D eigenvalue weighted by Crippen LogP contribution is -2.49. The SMILES string of the molecule is COc1ccc(C(C#N)N2CCN(C(=O)C=Cc3cnn(-c4ccccc4)c3)CC2)cc1. The number of hydrogen-bond acceptors (Lipinski definition) is 5. The fraction of sp³-hybridized carbons (Fsp3) is 0.240. The van der Waals surface area contributed by atoms with Crippen LogP contribution in [0.1, 0.15) is 17.2 Å². The van der Waals surface area contributed by atoms with E-state index in [1.807, 2.05) is 65.7 Å². The van der Waals surface area contributed by atoms with Crippen LogP contribution in [0, 0.1) is 11.3 Å². The van der Waals surface area contributed by atoms with Gasteiger partial charge in [0, 0.05) is 44.0 Å². The molecule has 1 atom stereocenters. The van der Waals surface area contributed by atoms with E-state index in [-0.39, 0.29) is 11.9 Å². The quantitative estimate of drug-likeness (QED) is 0.565. The summed E-state index contributed by atoms with van der Waals surface area (Å²) in [6, 6.07) is 19.5. The smallest absolute Gasteiger partial charge is 0.246 e. The molecule has 1 aromatic heterocycles. The first kappa shape index (κ1) is 21.3. The molecule has 2 heterocycles. The highest BCUT2D eigenvalue weighted by atomic mass is 16.5. The van der Waals surface area contributed by atoms with Crippen LogP contribution in [0.3, 0.4) is 0 Å². The summed E-state index contributed by atoms with van der Waals surface area (Å²) in [5.41, 5.74) is 2.77. The summed E-state index contributed by atoms with van der Waals surface area (Å²) in [5, 5.41) is 14.1. The number of nitriles is 1. The van der Waals surface area contributed by atoms with E-state index in [0.29, 0.717) is 26.2 Å². The van der Waals surface area contributed by atoms with Crippen LogP contribution in [-0.2, 0) is 4.79 Å². The Labute approximate surface area is 187 Å². The molecule has 2 aromatic carbocycles. The van der Waals surface area contributed by atoms with Crippen molar-refractivity contribution >= 4 is 12.0 Å². The molecule has 0 aliphatic carbocycles. The molecule has 0 bridgehead atoms. The zero-order valence-corrected chi connectivity index (χ0v) is 18.0. The molecule has 32 heavy (non-hydrogen) atoms. The number of ether oxygens (including phenoxy) is 1. The van der Waals surface area contributed by atoms with Gasteiger partial charge in [0.25, 0.3) is 0 Å². The number of aromatic nitrogens is 2. The molecule has 0 spiro atoms. The van der Waals surface area contributed by atoms with E-state index in [1.165, 1.54) is 0 Å². The summed E-state index contributed by atoms with van der Waals surface area (Å²) in [7, 11) is 1.62. The van der Waals surface area contributed by atoms with Gasteiger partial charge in [-0.3, -0.25) is 9.69 Å². The molecule has 3 aromatic rings. The minimum Gasteiger partial charge on any atom is -0.497 e. The highest BCUT2D eigenvalue weighted by Gasteiger charge is 2.26. The second-order valence-electron chi connectivity index (χ2n) is 7.55. The molecule has 1 aliphatic heterocycles. The maximum atomic E-state index is 12.6. The number of benzene rings is 2. The Hall–Kier alpha value is -3.89. The number of nitrogens with zero attached hydrogens (tertiary/aromatic N) is 5. The third-order valence-corrected chi connectivity index (χ3v) is 5.59. The largest absolute Gasteiger partial charge is 0.497 e. The Balaban J connectivity index is 1.33. The summed E-state index contributed by atoms with van der Waals surface area (Å²) < 4.78 is 6.98. The van der Waals surface area contributed by atoms with Crippen molar-refractivity contribution in [1.82, 2.24) is 19.6 Å². The number of methoxy groups -OCH3 is 1. The Morgan fingerprint density at radius 3 is 2.47 bits per heavy atom. The standard InChI is InChI=1S/C25H25N5O2/c1-32-23-10-8-21(9-11-23)24(17-26)28-13-15-29(16-14-28)25(31)12-7-20-18-27-30(19-20)22-5-3-2-4-6-22/h2-12,18-19,24H,13-16H2,1H3. The number of rotatable bonds is 6. The van der Waals surface area contributed by atoms with Crippen molar-refractivity contribution in [2.45, 2.75) is 6.04 Å². The van der Waals surface area contributed by atoms with Crippen molar-refractivity contribution in [3.63, 3.8) is 0 Å². The number of para-hydroxylation sites is 1. The minimum absolute atomic E-state index is 0.0323. The summed E-state index contributed by atoms with van der Waals surface area (Å²) in [6.07, 6.45) is 7.01. The number of amides is 1. The first-order chi connectivity index (χ1) is 15.7. The van der Waals surface area contributed by atoms with Crippen molar-refractivity contribution in [3.8, 4) is 17.5 Å². The molecule has 1 saturated heterocycles. The van der Waals surface area contributed by atoms with Crippen LogP contribution in [0.4, 0.5) is 0 Å². The normalized spacial score (nSPS) is 15.4. The van der Waals surface area contributed by atoms with E-state index in [9.17, 15) is 10.1 Å². The molecule has 7 nitrogen and oxygen atoms in total. The molecule has 0 saturated carbocycles. The van der Waals surface area contributed by atoms with Gasteiger partial charge in [-0.15, -0.1) is 0 Å². The van der Waals surface area contributed by atoms with Crippen LogP contribution >= 0.6 is 0 Å². The summed E-state index contributed by atoms with van der Waals surface area (Å²) in [5.74, 6) is 0.733. The average molecular weight is 428 g/mol. The monoisotopic (exact) mass is 427 g/mol. The topological polar surface area (TPSA) is 74.4 Å². The van der Waals surface area contributed by atoms with Gasteiger partial charge in [-0.05, 0) is 35.9 Å². The maximum absolute atomic E-state index is 12.6. The Morgan fingerprint density at radius 2 is 1.81 bits per heavy atom. The third kappa shape index (κ3) is 4.88. The van der Waals surface area contributed by atoms with Gasteiger partial charge < -0.3 is 9.64 Å². The zero-order valence-electron chi connectivity index (χ0n) is 18.0. The number of carbonyl (C=O) groups excluding carboxylic acids is 1. The molecule has 0 radical (unpaired) electrons. The number of carbonyl (C=O) groups is 1. The van der Waals surface area contributed by atoms with Crippen LogP contribution in [0.2, 0.25) is 0 Å².